The van der Waals surface area contributed by atoms with Gasteiger partial charge in [-0.25, -0.2) is 5.43 Å². The maximum Gasteiger partial charge on any atom is 0.274 e. The van der Waals surface area contributed by atoms with E-state index in [2.05, 4.69) is 25.7 Å². The van der Waals surface area contributed by atoms with Crippen LogP contribution >= 0.6 is 0 Å². The largest absolute Gasteiger partial charge is 0.490 e. The van der Waals surface area contributed by atoms with Crippen molar-refractivity contribution < 1.29 is 9.47 Å². The number of nitrogens with zero attached hydrogens (tertiary/aromatic N) is 3. The number of aromatic nitrogens is 3. The van der Waals surface area contributed by atoms with Crippen LogP contribution < -0.4 is 20.5 Å². The second kappa shape index (κ2) is 7.92. The Kier molecular flexibility index (Phi) is 5.67. The minimum Gasteiger partial charge on any atom is -0.490 e. The Balaban J connectivity index is 2.10. The molecule has 0 aliphatic heterocycles. The lowest BCUT2D eigenvalue weighted by Gasteiger charge is -2.11. The van der Waals surface area contributed by atoms with E-state index in [1.165, 1.54) is 0 Å². The fraction of sp³-hybridized carbons (Fsp3) is 0.333. The van der Waals surface area contributed by atoms with Crippen LogP contribution in [0.1, 0.15) is 25.1 Å². The SMILES string of the molecule is CCOc1ccc(C=NNc2nnc(C)c(=O)[nH]2)cc1OCC. The summed E-state index contributed by atoms with van der Waals surface area (Å²) in [6, 6.07) is 5.49. The summed E-state index contributed by atoms with van der Waals surface area (Å²) in [5.41, 5.74) is 3.42. The van der Waals surface area contributed by atoms with E-state index in [9.17, 15) is 4.79 Å². The lowest BCUT2D eigenvalue weighted by molar-refractivity contribution is 0.288. The van der Waals surface area contributed by atoms with Gasteiger partial charge in [0, 0.05) is 0 Å². The Morgan fingerprint density at radius 2 is 1.96 bits per heavy atom. The molecule has 0 saturated heterocycles. The molecule has 0 aliphatic rings. The second-order valence-electron chi connectivity index (χ2n) is 4.53. The topological polar surface area (TPSA) is 101 Å². The van der Waals surface area contributed by atoms with Crippen molar-refractivity contribution in [1.82, 2.24) is 15.2 Å². The third-order valence-corrected chi connectivity index (χ3v) is 2.81. The van der Waals surface area contributed by atoms with Crippen LogP contribution in [0.2, 0.25) is 0 Å². The van der Waals surface area contributed by atoms with Gasteiger partial charge in [0.15, 0.2) is 11.5 Å². The standard InChI is InChI=1S/C15H19N5O3/c1-4-22-12-7-6-11(8-13(12)23-5-2)9-16-19-15-17-14(21)10(3)18-20-15/h6-9H,4-5H2,1-3H3,(H2,17,19,20,21). The van der Waals surface area contributed by atoms with Gasteiger partial charge in [0.25, 0.3) is 5.56 Å². The van der Waals surface area contributed by atoms with Crippen LogP contribution in [0.4, 0.5) is 5.95 Å². The number of benzene rings is 1. The number of hydrogen-bond acceptors (Lipinski definition) is 7. The number of aromatic amines is 1. The van der Waals surface area contributed by atoms with Crippen LogP contribution in [-0.4, -0.2) is 34.6 Å². The predicted octanol–water partition coefficient (Wildman–Crippen LogP) is 1.72. The number of rotatable bonds is 7. The Labute approximate surface area is 133 Å². The first-order valence-electron chi connectivity index (χ1n) is 7.26. The van der Waals surface area contributed by atoms with Crippen molar-refractivity contribution in [3.8, 4) is 11.5 Å². The van der Waals surface area contributed by atoms with Crippen molar-refractivity contribution >= 4 is 12.2 Å². The summed E-state index contributed by atoms with van der Waals surface area (Å²) in [6.45, 7) is 6.50. The van der Waals surface area contributed by atoms with Gasteiger partial charge in [0.05, 0.1) is 19.4 Å². The van der Waals surface area contributed by atoms with E-state index in [1.54, 1.807) is 13.1 Å². The van der Waals surface area contributed by atoms with Gasteiger partial charge in [-0.3, -0.25) is 9.78 Å². The van der Waals surface area contributed by atoms with Crippen molar-refractivity contribution in [2.24, 2.45) is 5.10 Å². The lowest BCUT2D eigenvalue weighted by atomic mass is 10.2. The normalized spacial score (nSPS) is 10.7. The van der Waals surface area contributed by atoms with Crippen molar-refractivity contribution in [1.29, 1.82) is 0 Å². The van der Waals surface area contributed by atoms with Gasteiger partial charge in [-0.05, 0) is 44.5 Å². The summed E-state index contributed by atoms with van der Waals surface area (Å²) in [5, 5.41) is 11.5. The molecule has 2 N–H and O–H groups in total. The molecule has 1 heterocycles. The van der Waals surface area contributed by atoms with E-state index in [4.69, 9.17) is 9.47 Å². The monoisotopic (exact) mass is 317 g/mol. The van der Waals surface area contributed by atoms with Crippen LogP contribution in [0, 0.1) is 6.92 Å². The van der Waals surface area contributed by atoms with Gasteiger partial charge in [-0.1, -0.05) is 0 Å². The quantitative estimate of drug-likeness (QED) is 0.595. The first-order chi connectivity index (χ1) is 11.1. The van der Waals surface area contributed by atoms with Gasteiger partial charge >= 0.3 is 0 Å². The number of ether oxygens (including phenoxy) is 2. The number of aryl methyl sites for hydroxylation is 1. The molecule has 0 bridgehead atoms. The fourth-order valence-corrected chi connectivity index (χ4v) is 1.76. The highest BCUT2D eigenvalue weighted by Gasteiger charge is 2.05. The lowest BCUT2D eigenvalue weighted by Crippen LogP contribution is -2.15. The number of hydrogen-bond donors (Lipinski definition) is 2. The number of nitrogens with one attached hydrogen (secondary N) is 2. The van der Waals surface area contributed by atoms with Gasteiger partial charge in [0.2, 0.25) is 5.95 Å². The predicted molar refractivity (Wildman–Crippen MR) is 87.4 cm³/mol. The molecule has 0 saturated carbocycles. The Hall–Kier alpha value is -2.90. The zero-order valence-electron chi connectivity index (χ0n) is 13.3. The molecule has 0 atom stereocenters. The molecule has 0 radical (unpaired) electrons. The molecule has 0 spiro atoms. The molecule has 2 rings (SSSR count). The minimum atomic E-state index is -0.308. The van der Waals surface area contributed by atoms with E-state index in [-0.39, 0.29) is 11.5 Å². The van der Waals surface area contributed by atoms with Gasteiger partial charge in [-0.15, -0.1) is 10.2 Å². The molecule has 2 aromatic rings. The molecule has 1 aromatic carbocycles. The maximum atomic E-state index is 11.4. The van der Waals surface area contributed by atoms with E-state index < -0.39 is 0 Å². The molecule has 122 valence electrons. The molecular formula is C15H19N5O3. The summed E-state index contributed by atoms with van der Waals surface area (Å²) < 4.78 is 11.0. The van der Waals surface area contributed by atoms with E-state index in [1.807, 2.05) is 32.0 Å². The molecule has 0 aliphatic carbocycles. The van der Waals surface area contributed by atoms with Gasteiger partial charge in [-0.2, -0.15) is 5.10 Å². The van der Waals surface area contributed by atoms with Gasteiger partial charge in [0.1, 0.15) is 5.69 Å². The van der Waals surface area contributed by atoms with Crippen molar-refractivity contribution in [2.45, 2.75) is 20.8 Å². The van der Waals surface area contributed by atoms with E-state index in [0.717, 1.165) is 5.56 Å². The summed E-state index contributed by atoms with van der Waals surface area (Å²) in [4.78, 5) is 13.9. The van der Waals surface area contributed by atoms with E-state index >= 15 is 0 Å². The summed E-state index contributed by atoms with van der Waals surface area (Å²) in [7, 11) is 0. The molecule has 0 amide bonds. The number of hydrazone groups is 1. The fourth-order valence-electron chi connectivity index (χ4n) is 1.76. The average Bonchev–Trinajstić information content (AvgIpc) is 2.54. The smallest absolute Gasteiger partial charge is 0.274 e. The molecule has 1 aromatic heterocycles. The zero-order valence-corrected chi connectivity index (χ0v) is 13.3. The molecule has 8 nitrogen and oxygen atoms in total. The van der Waals surface area contributed by atoms with Crippen LogP contribution in [0.3, 0.4) is 0 Å². The highest BCUT2D eigenvalue weighted by Crippen LogP contribution is 2.27. The highest BCUT2D eigenvalue weighted by atomic mass is 16.5. The van der Waals surface area contributed by atoms with E-state index in [0.29, 0.717) is 30.4 Å². The minimum absolute atomic E-state index is 0.174. The Morgan fingerprint density at radius 3 is 2.65 bits per heavy atom. The Bertz CT molecular complexity index is 742. The third kappa shape index (κ3) is 4.53. The van der Waals surface area contributed by atoms with Crippen LogP contribution in [0.25, 0.3) is 0 Å². The summed E-state index contributed by atoms with van der Waals surface area (Å²) in [5.74, 6) is 1.52. The van der Waals surface area contributed by atoms with Crippen molar-refractivity contribution in [3.05, 3.63) is 39.8 Å². The second-order valence-corrected chi connectivity index (χ2v) is 4.53. The highest BCUT2D eigenvalue weighted by molar-refractivity contribution is 5.81. The van der Waals surface area contributed by atoms with Crippen LogP contribution in [0.5, 0.6) is 11.5 Å². The average molecular weight is 317 g/mol. The molecular weight excluding hydrogens is 298 g/mol. The van der Waals surface area contributed by atoms with Gasteiger partial charge < -0.3 is 9.47 Å². The first kappa shape index (κ1) is 16.5. The van der Waals surface area contributed by atoms with Crippen LogP contribution in [-0.2, 0) is 0 Å². The first-order valence-corrected chi connectivity index (χ1v) is 7.26. The number of anilines is 1. The third-order valence-electron chi connectivity index (χ3n) is 2.81. The van der Waals surface area contributed by atoms with Crippen molar-refractivity contribution in [2.75, 3.05) is 18.6 Å². The molecule has 0 unspecified atom stereocenters. The summed E-state index contributed by atoms with van der Waals surface area (Å²) in [6.07, 6.45) is 1.58. The van der Waals surface area contributed by atoms with Crippen LogP contribution in [0.15, 0.2) is 28.1 Å². The molecule has 23 heavy (non-hydrogen) atoms. The maximum absolute atomic E-state index is 11.4. The molecule has 0 fully saturated rings. The Morgan fingerprint density at radius 1 is 1.22 bits per heavy atom. The van der Waals surface area contributed by atoms with Crippen molar-refractivity contribution in [3.63, 3.8) is 0 Å². The summed E-state index contributed by atoms with van der Waals surface area (Å²) >= 11 is 0. The molecule has 8 heteroatoms. The zero-order chi connectivity index (χ0) is 16.7. The number of H-pyrrole nitrogens is 1.